The van der Waals surface area contributed by atoms with Crippen LogP contribution in [0, 0.1) is 5.92 Å². The molecule has 1 saturated heterocycles. The van der Waals surface area contributed by atoms with Crippen LogP contribution in [0.4, 0.5) is 4.79 Å². The number of benzene rings is 1. The zero-order chi connectivity index (χ0) is 20.4. The Morgan fingerprint density at radius 1 is 1.18 bits per heavy atom. The maximum atomic E-state index is 12.3. The number of hydrogen-bond acceptors (Lipinski definition) is 5. The zero-order valence-electron chi connectivity index (χ0n) is 17.3. The molecule has 0 aliphatic carbocycles. The minimum atomic E-state index is -0.485. The van der Waals surface area contributed by atoms with E-state index in [-0.39, 0.29) is 18.7 Å². The minimum absolute atomic E-state index is 0.0140. The summed E-state index contributed by atoms with van der Waals surface area (Å²) in [7, 11) is 0. The van der Waals surface area contributed by atoms with Gasteiger partial charge in [-0.3, -0.25) is 0 Å². The highest BCUT2D eigenvalue weighted by molar-refractivity contribution is 5.71. The van der Waals surface area contributed by atoms with Gasteiger partial charge >= 0.3 is 12.1 Å². The van der Waals surface area contributed by atoms with Crippen LogP contribution in [-0.4, -0.2) is 48.9 Å². The second kappa shape index (κ2) is 11.1. The molecule has 0 saturated carbocycles. The van der Waals surface area contributed by atoms with Gasteiger partial charge in [-0.15, -0.1) is 0 Å². The van der Waals surface area contributed by atoms with Gasteiger partial charge in [-0.25, -0.2) is 9.59 Å². The molecule has 0 aromatic heterocycles. The molecule has 0 radical (unpaired) electrons. The molecule has 0 spiro atoms. The number of ether oxygens (including phenoxy) is 3. The average molecular weight is 392 g/mol. The van der Waals surface area contributed by atoms with E-state index in [1.54, 1.807) is 4.90 Å². The maximum absolute atomic E-state index is 12.3. The quantitative estimate of drug-likeness (QED) is 0.491. The highest BCUT2D eigenvalue weighted by Crippen LogP contribution is 2.22. The third-order valence-electron chi connectivity index (χ3n) is 4.52. The summed E-state index contributed by atoms with van der Waals surface area (Å²) in [6.45, 7) is 7.80. The van der Waals surface area contributed by atoms with Crippen LogP contribution in [0.15, 0.2) is 30.3 Å². The topological polar surface area (TPSA) is 65.1 Å². The lowest BCUT2D eigenvalue weighted by atomic mass is 9.94. The fourth-order valence-electron chi connectivity index (χ4n) is 3.28. The van der Waals surface area contributed by atoms with Gasteiger partial charge in [0.1, 0.15) is 18.8 Å². The molecular formula is C22H33NO5. The van der Waals surface area contributed by atoms with Gasteiger partial charge in [-0.05, 0) is 57.9 Å². The first-order chi connectivity index (χ1) is 13.3. The smallest absolute Gasteiger partial charge is 0.410 e. The van der Waals surface area contributed by atoms with Crippen LogP contribution in [0.5, 0.6) is 0 Å². The van der Waals surface area contributed by atoms with Crippen LogP contribution in [0.25, 0.3) is 0 Å². The van der Waals surface area contributed by atoms with Crippen molar-refractivity contribution in [1.29, 1.82) is 0 Å². The predicted molar refractivity (Wildman–Crippen MR) is 107 cm³/mol. The Morgan fingerprint density at radius 2 is 1.93 bits per heavy atom. The third-order valence-corrected chi connectivity index (χ3v) is 4.52. The van der Waals surface area contributed by atoms with Gasteiger partial charge < -0.3 is 19.1 Å². The van der Waals surface area contributed by atoms with Crippen LogP contribution in [-0.2, 0) is 25.6 Å². The first kappa shape index (κ1) is 22.2. The summed E-state index contributed by atoms with van der Waals surface area (Å²) in [5.74, 6) is 0.112. The van der Waals surface area contributed by atoms with E-state index in [0.29, 0.717) is 19.1 Å². The number of carbonyl (C=O) groups is 2. The Balaban J connectivity index is 1.60. The van der Waals surface area contributed by atoms with Gasteiger partial charge in [0.05, 0.1) is 0 Å². The van der Waals surface area contributed by atoms with E-state index in [0.717, 1.165) is 44.3 Å². The van der Waals surface area contributed by atoms with Crippen LogP contribution < -0.4 is 0 Å². The lowest BCUT2D eigenvalue weighted by Crippen LogP contribution is -2.40. The lowest BCUT2D eigenvalue weighted by molar-refractivity contribution is -0.160. The van der Waals surface area contributed by atoms with Gasteiger partial charge in [0.15, 0.2) is 0 Å². The minimum Gasteiger partial charge on any atom is -0.458 e. The monoisotopic (exact) mass is 391 g/mol. The molecule has 1 aromatic rings. The van der Waals surface area contributed by atoms with Gasteiger partial charge in [0.2, 0.25) is 0 Å². The molecule has 1 aliphatic rings. The van der Waals surface area contributed by atoms with E-state index in [2.05, 4.69) is 0 Å². The molecule has 1 atom stereocenters. The molecule has 0 bridgehead atoms. The highest BCUT2D eigenvalue weighted by atomic mass is 16.6. The summed E-state index contributed by atoms with van der Waals surface area (Å²) in [5, 5.41) is 0. The van der Waals surface area contributed by atoms with Crippen molar-refractivity contribution >= 4 is 12.1 Å². The van der Waals surface area contributed by atoms with Crippen molar-refractivity contribution in [3.8, 4) is 0 Å². The Morgan fingerprint density at radius 3 is 2.64 bits per heavy atom. The van der Waals surface area contributed by atoms with E-state index in [9.17, 15) is 9.59 Å². The number of esters is 1. The number of likely N-dealkylation sites (tertiary alicyclic amines) is 1. The molecule has 156 valence electrons. The molecule has 1 unspecified atom stereocenters. The second-order valence-electron chi connectivity index (χ2n) is 8.28. The SMILES string of the molecule is CC(C)(C)OC(=O)COCCCC1CCCN(C(=O)OCc2ccccc2)C1. The van der Waals surface area contributed by atoms with Gasteiger partial charge in [0.25, 0.3) is 0 Å². The van der Waals surface area contributed by atoms with Crippen LogP contribution >= 0.6 is 0 Å². The summed E-state index contributed by atoms with van der Waals surface area (Å²) in [4.78, 5) is 25.7. The Hall–Kier alpha value is -2.08. The fourth-order valence-corrected chi connectivity index (χ4v) is 3.28. The number of hydrogen-bond donors (Lipinski definition) is 0. The van der Waals surface area contributed by atoms with Crippen molar-refractivity contribution < 1.29 is 23.8 Å². The van der Waals surface area contributed by atoms with Crippen LogP contribution in [0.3, 0.4) is 0 Å². The maximum Gasteiger partial charge on any atom is 0.410 e. The van der Waals surface area contributed by atoms with Crippen molar-refractivity contribution in [2.24, 2.45) is 5.92 Å². The van der Waals surface area contributed by atoms with Crippen molar-refractivity contribution in [2.75, 3.05) is 26.3 Å². The van der Waals surface area contributed by atoms with Crippen molar-refractivity contribution in [2.45, 2.75) is 58.7 Å². The van der Waals surface area contributed by atoms with Crippen LogP contribution in [0.1, 0.15) is 52.0 Å². The number of carbonyl (C=O) groups excluding carboxylic acids is 2. The highest BCUT2D eigenvalue weighted by Gasteiger charge is 2.24. The zero-order valence-corrected chi connectivity index (χ0v) is 17.3. The van der Waals surface area contributed by atoms with E-state index in [1.165, 1.54) is 0 Å². The second-order valence-corrected chi connectivity index (χ2v) is 8.28. The normalized spacial score (nSPS) is 17.2. The van der Waals surface area contributed by atoms with E-state index >= 15 is 0 Å². The molecule has 1 heterocycles. The standard InChI is InChI=1S/C22H33NO5/c1-22(2,3)28-20(24)17-26-14-8-12-18-11-7-13-23(15-18)21(25)27-16-19-9-5-4-6-10-19/h4-6,9-10,18H,7-8,11-17H2,1-3H3. The predicted octanol–water partition coefficient (Wildman–Crippen LogP) is 4.17. The number of amides is 1. The molecule has 0 N–H and O–H groups in total. The Bertz CT molecular complexity index is 611. The molecule has 6 nitrogen and oxygen atoms in total. The Kier molecular flexibility index (Phi) is 8.77. The van der Waals surface area contributed by atoms with Crippen LogP contribution in [0.2, 0.25) is 0 Å². The summed E-state index contributed by atoms with van der Waals surface area (Å²) >= 11 is 0. The summed E-state index contributed by atoms with van der Waals surface area (Å²) < 4.78 is 16.1. The third kappa shape index (κ3) is 8.74. The number of nitrogens with zero attached hydrogens (tertiary/aromatic N) is 1. The average Bonchev–Trinajstić information content (AvgIpc) is 2.65. The first-order valence-corrected chi connectivity index (χ1v) is 10.1. The summed E-state index contributed by atoms with van der Waals surface area (Å²) in [6.07, 6.45) is 3.69. The van der Waals surface area contributed by atoms with E-state index < -0.39 is 5.60 Å². The number of piperidine rings is 1. The van der Waals surface area contributed by atoms with Crippen molar-refractivity contribution in [1.82, 2.24) is 4.90 Å². The Labute approximate surface area is 168 Å². The molecule has 28 heavy (non-hydrogen) atoms. The summed E-state index contributed by atoms with van der Waals surface area (Å²) in [6, 6.07) is 9.71. The molecule has 1 amide bonds. The molecule has 2 rings (SSSR count). The molecule has 1 aromatic carbocycles. The van der Waals surface area contributed by atoms with Crippen molar-refractivity contribution in [3.63, 3.8) is 0 Å². The van der Waals surface area contributed by atoms with Gasteiger partial charge in [0, 0.05) is 19.7 Å². The van der Waals surface area contributed by atoms with E-state index in [1.807, 2.05) is 51.1 Å². The first-order valence-electron chi connectivity index (χ1n) is 10.1. The van der Waals surface area contributed by atoms with Gasteiger partial charge in [-0.1, -0.05) is 30.3 Å². The largest absolute Gasteiger partial charge is 0.458 e. The molecule has 1 fully saturated rings. The number of rotatable bonds is 8. The lowest BCUT2D eigenvalue weighted by Gasteiger charge is -2.32. The fraction of sp³-hybridized carbons (Fsp3) is 0.636. The molecule has 6 heteroatoms. The van der Waals surface area contributed by atoms with Gasteiger partial charge in [-0.2, -0.15) is 0 Å². The van der Waals surface area contributed by atoms with Crippen molar-refractivity contribution in [3.05, 3.63) is 35.9 Å². The van der Waals surface area contributed by atoms with E-state index in [4.69, 9.17) is 14.2 Å². The molecule has 1 aliphatic heterocycles. The summed E-state index contributed by atoms with van der Waals surface area (Å²) in [5.41, 5.74) is 0.507. The molecular weight excluding hydrogens is 358 g/mol.